The molecule has 0 heterocycles. The van der Waals surface area contributed by atoms with E-state index in [1.807, 2.05) is 0 Å². The summed E-state index contributed by atoms with van der Waals surface area (Å²) >= 11 is 0. The fraction of sp³-hybridized carbons (Fsp3) is 0.200. The van der Waals surface area contributed by atoms with Crippen molar-refractivity contribution in [1.29, 1.82) is 0 Å². The van der Waals surface area contributed by atoms with E-state index in [2.05, 4.69) is 5.32 Å². The normalized spacial score (nSPS) is 9.62. The van der Waals surface area contributed by atoms with Crippen LogP contribution in [0.4, 0.5) is 4.39 Å². The highest BCUT2D eigenvalue weighted by atomic mass is 19.1. The highest BCUT2D eigenvalue weighted by Gasteiger charge is 2.10. The van der Waals surface area contributed by atoms with Crippen LogP contribution in [-0.2, 0) is 22.8 Å². The number of halogens is 1. The second-order valence-corrected chi connectivity index (χ2v) is 3.11. The molecule has 0 saturated heterocycles. The number of alkyl halides is 1. The molecule has 6 heteroatoms. The zero-order valence-corrected chi connectivity index (χ0v) is 8.50. The van der Waals surface area contributed by atoms with Crippen LogP contribution >= 0.6 is 0 Å². The highest BCUT2D eigenvalue weighted by Crippen LogP contribution is 2.06. The molecule has 1 aromatic carbocycles. The number of nitrogens with one attached hydrogen (secondary N) is 2. The number of nitrogens with two attached hydrogens (primary N) is 1. The molecule has 0 radical (unpaired) electrons. The van der Waals surface area contributed by atoms with Gasteiger partial charge < -0.3 is 5.32 Å². The Hall–Kier alpha value is -1.95. The molecule has 0 saturated carbocycles. The molecule has 0 atom stereocenters. The average molecular weight is 225 g/mol. The van der Waals surface area contributed by atoms with E-state index < -0.39 is 18.5 Å². The third kappa shape index (κ3) is 3.32. The zero-order valence-electron chi connectivity index (χ0n) is 8.50. The lowest BCUT2D eigenvalue weighted by Gasteiger charge is -2.05. The Morgan fingerprint density at radius 1 is 1.25 bits per heavy atom. The van der Waals surface area contributed by atoms with Gasteiger partial charge in [-0.2, -0.15) is 0 Å². The SMILES string of the molecule is NNC(=O)C(=O)NCc1cccc(CF)c1. The van der Waals surface area contributed by atoms with E-state index in [0.717, 1.165) is 0 Å². The summed E-state index contributed by atoms with van der Waals surface area (Å²) in [4.78, 5) is 21.8. The number of carbonyl (C=O) groups excluding carboxylic acids is 2. The molecule has 86 valence electrons. The molecule has 0 aliphatic heterocycles. The van der Waals surface area contributed by atoms with Gasteiger partial charge in [-0.3, -0.25) is 15.0 Å². The van der Waals surface area contributed by atoms with Gasteiger partial charge in [0.25, 0.3) is 0 Å². The minimum Gasteiger partial charge on any atom is -0.344 e. The maximum absolute atomic E-state index is 12.3. The van der Waals surface area contributed by atoms with Crippen LogP contribution in [0.1, 0.15) is 11.1 Å². The molecule has 0 spiro atoms. The van der Waals surface area contributed by atoms with Crippen molar-refractivity contribution in [2.24, 2.45) is 5.84 Å². The molecule has 5 nitrogen and oxygen atoms in total. The van der Waals surface area contributed by atoms with Gasteiger partial charge in [0, 0.05) is 6.54 Å². The Kier molecular flexibility index (Phi) is 4.41. The summed E-state index contributed by atoms with van der Waals surface area (Å²) in [6.07, 6.45) is 0. The van der Waals surface area contributed by atoms with E-state index in [0.29, 0.717) is 11.1 Å². The molecule has 1 rings (SSSR count). The summed E-state index contributed by atoms with van der Waals surface area (Å²) in [5.74, 6) is 3.04. The summed E-state index contributed by atoms with van der Waals surface area (Å²) in [6.45, 7) is -0.412. The standard InChI is InChI=1S/C10H12FN3O2/c11-5-7-2-1-3-8(4-7)6-13-9(15)10(16)14-12/h1-4H,5-6,12H2,(H,13,15)(H,14,16). The van der Waals surface area contributed by atoms with Crippen LogP contribution in [0.3, 0.4) is 0 Å². The van der Waals surface area contributed by atoms with Gasteiger partial charge in [0.2, 0.25) is 0 Å². The molecule has 4 N–H and O–H groups in total. The van der Waals surface area contributed by atoms with Gasteiger partial charge in [-0.05, 0) is 11.1 Å². The van der Waals surface area contributed by atoms with E-state index >= 15 is 0 Å². The second kappa shape index (κ2) is 5.82. The van der Waals surface area contributed by atoms with Crippen LogP contribution in [-0.4, -0.2) is 11.8 Å². The molecular weight excluding hydrogens is 213 g/mol. The minimum atomic E-state index is -0.915. The Balaban J connectivity index is 2.54. The quantitative estimate of drug-likeness (QED) is 0.287. The fourth-order valence-electron chi connectivity index (χ4n) is 1.15. The molecule has 0 unspecified atom stereocenters. The van der Waals surface area contributed by atoms with Crippen molar-refractivity contribution in [3.63, 3.8) is 0 Å². The molecule has 2 amide bonds. The number of carbonyl (C=O) groups is 2. The number of hydrogen-bond acceptors (Lipinski definition) is 3. The third-order valence-electron chi connectivity index (χ3n) is 1.94. The number of hydrogen-bond donors (Lipinski definition) is 3. The van der Waals surface area contributed by atoms with Gasteiger partial charge in [0.1, 0.15) is 6.67 Å². The molecule has 0 fully saturated rings. The Bertz CT molecular complexity index is 395. The van der Waals surface area contributed by atoms with E-state index in [4.69, 9.17) is 5.84 Å². The predicted octanol–water partition coefficient (Wildman–Crippen LogP) is -0.238. The lowest BCUT2D eigenvalue weighted by molar-refractivity contribution is -0.139. The van der Waals surface area contributed by atoms with Crippen molar-refractivity contribution < 1.29 is 14.0 Å². The van der Waals surface area contributed by atoms with Crippen LogP contribution in [0.25, 0.3) is 0 Å². The van der Waals surface area contributed by atoms with E-state index in [1.165, 1.54) is 0 Å². The number of amides is 2. The van der Waals surface area contributed by atoms with Gasteiger partial charge in [-0.25, -0.2) is 10.2 Å². The first-order valence-corrected chi connectivity index (χ1v) is 4.60. The van der Waals surface area contributed by atoms with E-state index in [9.17, 15) is 14.0 Å². The molecule has 0 aliphatic carbocycles. The Morgan fingerprint density at radius 2 is 1.94 bits per heavy atom. The van der Waals surface area contributed by atoms with Crippen molar-refractivity contribution in [3.05, 3.63) is 35.4 Å². The largest absolute Gasteiger partial charge is 0.344 e. The summed E-state index contributed by atoms with van der Waals surface area (Å²) < 4.78 is 12.3. The second-order valence-electron chi connectivity index (χ2n) is 3.11. The Morgan fingerprint density at radius 3 is 2.56 bits per heavy atom. The number of rotatable bonds is 3. The number of hydrazine groups is 1. The molecule has 0 aromatic heterocycles. The van der Waals surface area contributed by atoms with Crippen molar-refractivity contribution >= 4 is 11.8 Å². The van der Waals surface area contributed by atoms with Crippen molar-refractivity contribution in [2.75, 3.05) is 0 Å². The third-order valence-corrected chi connectivity index (χ3v) is 1.94. The summed E-state index contributed by atoms with van der Waals surface area (Å²) in [5.41, 5.74) is 2.95. The molecule has 1 aromatic rings. The molecule has 16 heavy (non-hydrogen) atoms. The first-order chi connectivity index (χ1) is 7.67. The summed E-state index contributed by atoms with van der Waals surface area (Å²) in [7, 11) is 0. The van der Waals surface area contributed by atoms with Crippen LogP contribution < -0.4 is 16.6 Å². The summed E-state index contributed by atoms with van der Waals surface area (Å²) in [5, 5.41) is 2.35. The smallest absolute Gasteiger partial charge is 0.323 e. The molecule has 0 aliphatic rings. The predicted molar refractivity (Wildman–Crippen MR) is 55.4 cm³/mol. The van der Waals surface area contributed by atoms with Gasteiger partial charge in [-0.15, -0.1) is 0 Å². The summed E-state index contributed by atoms with van der Waals surface area (Å²) in [6, 6.07) is 6.65. The van der Waals surface area contributed by atoms with Crippen LogP contribution in [0, 0.1) is 0 Å². The Labute approximate surface area is 91.8 Å². The van der Waals surface area contributed by atoms with Crippen LogP contribution in [0.15, 0.2) is 24.3 Å². The zero-order chi connectivity index (χ0) is 12.0. The van der Waals surface area contributed by atoms with E-state index in [-0.39, 0.29) is 6.54 Å². The lowest BCUT2D eigenvalue weighted by Crippen LogP contribution is -2.42. The first kappa shape index (κ1) is 12.1. The van der Waals surface area contributed by atoms with Crippen molar-refractivity contribution in [2.45, 2.75) is 13.2 Å². The van der Waals surface area contributed by atoms with Gasteiger partial charge >= 0.3 is 11.8 Å². The highest BCUT2D eigenvalue weighted by molar-refractivity contribution is 6.34. The van der Waals surface area contributed by atoms with Crippen LogP contribution in [0.2, 0.25) is 0 Å². The first-order valence-electron chi connectivity index (χ1n) is 4.60. The van der Waals surface area contributed by atoms with Crippen LogP contribution in [0.5, 0.6) is 0 Å². The minimum absolute atomic E-state index is 0.153. The monoisotopic (exact) mass is 225 g/mol. The van der Waals surface area contributed by atoms with Gasteiger partial charge in [0.15, 0.2) is 0 Å². The molecule has 0 bridgehead atoms. The lowest BCUT2D eigenvalue weighted by atomic mass is 10.1. The maximum Gasteiger partial charge on any atom is 0.323 e. The van der Waals surface area contributed by atoms with Gasteiger partial charge in [-0.1, -0.05) is 24.3 Å². The number of benzene rings is 1. The molecular formula is C10H12FN3O2. The average Bonchev–Trinajstić information content (AvgIpc) is 2.35. The maximum atomic E-state index is 12.3. The van der Waals surface area contributed by atoms with Crippen molar-refractivity contribution in [1.82, 2.24) is 10.7 Å². The van der Waals surface area contributed by atoms with E-state index in [1.54, 1.807) is 29.7 Å². The van der Waals surface area contributed by atoms with Crippen molar-refractivity contribution in [3.8, 4) is 0 Å². The van der Waals surface area contributed by atoms with Gasteiger partial charge in [0.05, 0.1) is 0 Å². The topological polar surface area (TPSA) is 84.2 Å². The fourth-order valence-corrected chi connectivity index (χ4v) is 1.15.